The molecule has 0 aromatic carbocycles. The highest BCUT2D eigenvalue weighted by Crippen LogP contribution is 2.30. The maximum absolute atomic E-state index is 12.1. The molecule has 1 saturated carbocycles. The third-order valence-electron chi connectivity index (χ3n) is 3.91. The number of urea groups is 1. The number of nitrogens with zero attached hydrogens (tertiary/aromatic N) is 1. The lowest BCUT2D eigenvalue weighted by Gasteiger charge is -2.24. The number of rotatable bonds is 4. The topological polar surface area (TPSA) is 69.6 Å². The van der Waals surface area contributed by atoms with E-state index in [4.69, 9.17) is 5.11 Å². The van der Waals surface area contributed by atoms with Crippen molar-refractivity contribution in [2.24, 2.45) is 0 Å². The van der Waals surface area contributed by atoms with Gasteiger partial charge in [0.05, 0.1) is 0 Å². The predicted molar refractivity (Wildman–Crippen MR) is 75.5 cm³/mol. The third kappa shape index (κ3) is 3.55. The first kappa shape index (κ1) is 14.5. The van der Waals surface area contributed by atoms with E-state index >= 15 is 0 Å². The van der Waals surface area contributed by atoms with Gasteiger partial charge >= 0.3 is 12.0 Å². The first-order valence-electron chi connectivity index (χ1n) is 7.03. The Bertz CT molecular complexity index is 351. The van der Waals surface area contributed by atoms with Gasteiger partial charge in [-0.3, -0.25) is 0 Å². The monoisotopic (exact) mass is 286 g/mol. The van der Waals surface area contributed by atoms with Crippen molar-refractivity contribution in [1.82, 2.24) is 10.2 Å². The molecule has 0 bridgehead atoms. The molecule has 3 atom stereocenters. The number of carbonyl (C=O) groups excluding carboxylic acids is 1. The molecule has 1 saturated heterocycles. The number of hydrogen-bond donors (Lipinski definition) is 2. The predicted octanol–water partition coefficient (Wildman–Crippen LogP) is 1.92. The highest BCUT2D eigenvalue weighted by Gasteiger charge is 2.35. The van der Waals surface area contributed by atoms with Gasteiger partial charge < -0.3 is 15.3 Å². The van der Waals surface area contributed by atoms with Crippen molar-refractivity contribution < 1.29 is 14.7 Å². The fraction of sp³-hybridized carbons (Fsp3) is 0.846. The Morgan fingerprint density at radius 1 is 1.37 bits per heavy atom. The molecule has 2 amide bonds. The minimum Gasteiger partial charge on any atom is -0.480 e. The molecule has 0 spiro atoms. The first-order valence-corrected chi connectivity index (χ1v) is 8.08. The summed E-state index contributed by atoms with van der Waals surface area (Å²) in [5.41, 5.74) is 0. The van der Waals surface area contributed by atoms with Gasteiger partial charge in [0.1, 0.15) is 6.04 Å². The number of carboxylic acids is 1. The number of hydrogen-bond acceptors (Lipinski definition) is 3. The molecule has 1 aliphatic heterocycles. The van der Waals surface area contributed by atoms with Crippen molar-refractivity contribution in [2.75, 3.05) is 12.3 Å². The van der Waals surface area contributed by atoms with E-state index in [1.54, 1.807) is 0 Å². The zero-order chi connectivity index (χ0) is 13.8. The van der Waals surface area contributed by atoms with Gasteiger partial charge in [0.2, 0.25) is 0 Å². The molecule has 2 aliphatic rings. The molecule has 0 aromatic heterocycles. The Morgan fingerprint density at radius 3 is 2.84 bits per heavy atom. The Labute approximate surface area is 118 Å². The average Bonchev–Trinajstić information content (AvgIpc) is 2.98. The largest absolute Gasteiger partial charge is 0.480 e. The smallest absolute Gasteiger partial charge is 0.326 e. The van der Waals surface area contributed by atoms with Gasteiger partial charge in [0.15, 0.2) is 0 Å². The van der Waals surface area contributed by atoms with Crippen LogP contribution in [0.3, 0.4) is 0 Å². The minimum absolute atomic E-state index is 0.197. The van der Waals surface area contributed by atoms with Crippen molar-refractivity contribution >= 4 is 23.8 Å². The molecule has 0 aromatic rings. The van der Waals surface area contributed by atoms with Crippen LogP contribution in [-0.2, 0) is 4.79 Å². The van der Waals surface area contributed by atoms with E-state index < -0.39 is 12.0 Å². The average molecular weight is 286 g/mol. The molecule has 1 heterocycles. The number of thioether (sulfide) groups is 1. The van der Waals surface area contributed by atoms with Crippen LogP contribution in [0.25, 0.3) is 0 Å². The second kappa shape index (κ2) is 6.50. The quantitative estimate of drug-likeness (QED) is 0.828. The number of likely N-dealkylation sites (tertiary alicyclic amines) is 1. The minimum atomic E-state index is -0.890. The molecule has 5 nitrogen and oxygen atoms in total. The summed E-state index contributed by atoms with van der Waals surface area (Å²) in [6.45, 7) is 2.71. The van der Waals surface area contributed by atoms with Crippen LogP contribution in [0.15, 0.2) is 0 Å². The van der Waals surface area contributed by atoms with Crippen LogP contribution in [0.1, 0.15) is 39.0 Å². The Balaban J connectivity index is 1.83. The summed E-state index contributed by atoms with van der Waals surface area (Å²) in [5.74, 6) is 0.219. The van der Waals surface area contributed by atoms with E-state index in [0.29, 0.717) is 18.2 Å². The number of nitrogens with one attached hydrogen (secondary N) is 1. The summed E-state index contributed by atoms with van der Waals surface area (Å²) in [4.78, 5) is 24.7. The zero-order valence-electron chi connectivity index (χ0n) is 11.3. The Hall–Kier alpha value is -0.910. The third-order valence-corrected chi connectivity index (χ3v) is 5.15. The van der Waals surface area contributed by atoms with Crippen LogP contribution in [-0.4, -0.2) is 51.6 Å². The van der Waals surface area contributed by atoms with Crippen molar-refractivity contribution in [3.05, 3.63) is 0 Å². The van der Waals surface area contributed by atoms with E-state index in [2.05, 4.69) is 12.2 Å². The van der Waals surface area contributed by atoms with E-state index in [1.807, 2.05) is 11.8 Å². The molecule has 2 N–H and O–H groups in total. The fourth-order valence-corrected chi connectivity index (χ4v) is 4.12. The van der Waals surface area contributed by atoms with Crippen LogP contribution in [0.4, 0.5) is 4.79 Å². The van der Waals surface area contributed by atoms with Crippen molar-refractivity contribution in [1.29, 1.82) is 0 Å². The molecule has 2 fully saturated rings. The summed E-state index contributed by atoms with van der Waals surface area (Å²) in [7, 11) is 0. The van der Waals surface area contributed by atoms with Crippen LogP contribution in [0.5, 0.6) is 0 Å². The van der Waals surface area contributed by atoms with Gasteiger partial charge in [-0.15, -0.1) is 0 Å². The maximum atomic E-state index is 12.1. The number of carboxylic acid groups (broad SMARTS) is 1. The lowest BCUT2D eigenvalue weighted by molar-refractivity contribution is -0.141. The van der Waals surface area contributed by atoms with E-state index in [-0.39, 0.29) is 12.1 Å². The van der Waals surface area contributed by atoms with Crippen LogP contribution in [0, 0.1) is 0 Å². The Kier molecular flexibility index (Phi) is 4.96. The van der Waals surface area contributed by atoms with E-state index in [1.165, 1.54) is 4.90 Å². The molecular formula is C13H22N2O3S. The summed E-state index contributed by atoms with van der Waals surface area (Å²) in [5, 5.41) is 12.7. The molecular weight excluding hydrogens is 264 g/mol. The van der Waals surface area contributed by atoms with E-state index in [9.17, 15) is 9.59 Å². The van der Waals surface area contributed by atoms with Crippen molar-refractivity contribution in [3.63, 3.8) is 0 Å². The summed E-state index contributed by atoms with van der Waals surface area (Å²) >= 11 is 1.95. The lowest BCUT2D eigenvalue weighted by Crippen LogP contribution is -2.48. The SMILES string of the molecule is CCSC1CCC(NC(=O)N2CCC[C@H]2C(=O)O)C1. The van der Waals surface area contributed by atoms with Gasteiger partial charge in [-0.1, -0.05) is 6.92 Å². The number of carbonyl (C=O) groups is 2. The standard InChI is InChI=1S/C13H22N2O3S/c1-2-19-10-6-5-9(8-10)14-13(18)15-7-3-4-11(15)12(16)17/h9-11H,2-8H2,1H3,(H,14,18)(H,16,17)/t9?,10?,11-/m0/s1. The van der Waals surface area contributed by atoms with Gasteiger partial charge in [-0.25, -0.2) is 9.59 Å². The maximum Gasteiger partial charge on any atom is 0.326 e. The van der Waals surface area contributed by atoms with E-state index in [0.717, 1.165) is 31.4 Å². The lowest BCUT2D eigenvalue weighted by atomic mass is 10.2. The Morgan fingerprint density at radius 2 is 2.16 bits per heavy atom. The van der Waals surface area contributed by atoms with Crippen LogP contribution in [0.2, 0.25) is 0 Å². The molecule has 2 unspecified atom stereocenters. The van der Waals surface area contributed by atoms with Crippen LogP contribution >= 0.6 is 11.8 Å². The molecule has 1 aliphatic carbocycles. The van der Waals surface area contributed by atoms with Crippen molar-refractivity contribution in [2.45, 2.75) is 56.4 Å². The van der Waals surface area contributed by atoms with Gasteiger partial charge in [0.25, 0.3) is 0 Å². The molecule has 6 heteroatoms. The fourth-order valence-electron chi connectivity index (χ4n) is 2.98. The first-order chi connectivity index (χ1) is 9.11. The summed E-state index contributed by atoms with van der Waals surface area (Å²) < 4.78 is 0. The highest BCUT2D eigenvalue weighted by atomic mass is 32.2. The highest BCUT2D eigenvalue weighted by molar-refractivity contribution is 7.99. The molecule has 2 rings (SSSR count). The zero-order valence-corrected chi connectivity index (χ0v) is 12.1. The normalized spacial score (nSPS) is 30.6. The van der Waals surface area contributed by atoms with Crippen molar-refractivity contribution in [3.8, 4) is 0 Å². The van der Waals surface area contributed by atoms with Gasteiger partial charge in [0, 0.05) is 17.8 Å². The van der Waals surface area contributed by atoms with Gasteiger partial charge in [-0.2, -0.15) is 11.8 Å². The van der Waals surface area contributed by atoms with Crippen LogP contribution < -0.4 is 5.32 Å². The van der Waals surface area contributed by atoms with Gasteiger partial charge in [-0.05, 0) is 37.9 Å². The molecule has 108 valence electrons. The molecule has 0 radical (unpaired) electrons. The summed E-state index contributed by atoms with van der Waals surface area (Å²) in [6.07, 6.45) is 4.52. The summed E-state index contributed by atoms with van der Waals surface area (Å²) in [6, 6.07) is -0.620. The molecule has 19 heavy (non-hydrogen) atoms. The second-order valence-corrected chi connectivity index (χ2v) is 6.80. The number of amides is 2. The second-order valence-electron chi connectivity index (χ2n) is 5.23. The number of aliphatic carboxylic acids is 1.